The van der Waals surface area contributed by atoms with Crippen molar-refractivity contribution in [3.63, 3.8) is 0 Å². The number of hydrogen-bond acceptors (Lipinski definition) is 3. The van der Waals surface area contributed by atoms with Crippen LogP contribution in [0.4, 0.5) is 15.8 Å². The van der Waals surface area contributed by atoms with Crippen molar-refractivity contribution in [2.75, 3.05) is 36.5 Å². The summed E-state index contributed by atoms with van der Waals surface area (Å²) in [7, 11) is 0. The minimum Gasteiger partial charge on any atom is -0.378 e. The Kier molecular flexibility index (Phi) is 7.33. The smallest absolute Gasteiger partial charge is 0.224 e. The molecule has 2 rings (SSSR count). The number of hydrogen-bond donors (Lipinski definition) is 1. The predicted molar refractivity (Wildman–Crippen MR) is 91.4 cm³/mol. The number of morpholine rings is 1. The Morgan fingerprint density at radius 1 is 1.22 bits per heavy atom. The highest BCUT2D eigenvalue weighted by Crippen LogP contribution is 2.24. The van der Waals surface area contributed by atoms with Crippen LogP contribution in [0.1, 0.15) is 45.4 Å². The Hall–Kier alpha value is -1.62. The summed E-state index contributed by atoms with van der Waals surface area (Å²) in [6, 6.07) is 4.90. The van der Waals surface area contributed by atoms with Gasteiger partial charge in [-0.25, -0.2) is 4.39 Å². The highest BCUT2D eigenvalue weighted by molar-refractivity contribution is 5.90. The minimum atomic E-state index is -0.298. The molecule has 0 bridgehead atoms. The quantitative estimate of drug-likeness (QED) is 0.737. The van der Waals surface area contributed by atoms with E-state index in [4.69, 9.17) is 4.74 Å². The molecular formula is C18H27FN2O2. The van der Waals surface area contributed by atoms with Crippen LogP contribution in [0.3, 0.4) is 0 Å². The highest BCUT2D eigenvalue weighted by Gasteiger charge is 2.15. The minimum absolute atomic E-state index is 0.0416. The molecule has 1 amide bonds. The molecule has 1 fully saturated rings. The lowest BCUT2D eigenvalue weighted by atomic mass is 10.1. The van der Waals surface area contributed by atoms with Crippen LogP contribution in [0.2, 0.25) is 0 Å². The number of unbranched alkanes of at least 4 members (excludes halogenated alkanes) is 4. The van der Waals surface area contributed by atoms with E-state index in [1.807, 2.05) is 4.90 Å². The monoisotopic (exact) mass is 322 g/mol. The number of anilines is 2. The Bertz CT molecular complexity index is 502. The van der Waals surface area contributed by atoms with Gasteiger partial charge in [-0.2, -0.15) is 0 Å². The molecule has 1 saturated heterocycles. The molecule has 1 aliphatic heterocycles. The molecule has 1 aromatic carbocycles. The van der Waals surface area contributed by atoms with Crippen molar-refractivity contribution >= 4 is 17.3 Å². The summed E-state index contributed by atoms with van der Waals surface area (Å²) < 4.78 is 19.5. The van der Waals surface area contributed by atoms with Crippen molar-refractivity contribution < 1.29 is 13.9 Å². The molecule has 1 aromatic rings. The Morgan fingerprint density at radius 2 is 1.96 bits per heavy atom. The van der Waals surface area contributed by atoms with Crippen LogP contribution in [0.15, 0.2) is 18.2 Å². The van der Waals surface area contributed by atoms with Crippen molar-refractivity contribution in [2.24, 2.45) is 0 Å². The maximum atomic E-state index is 14.2. The topological polar surface area (TPSA) is 41.6 Å². The molecule has 0 saturated carbocycles. The number of carbonyl (C=O) groups is 1. The second-order valence-corrected chi connectivity index (χ2v) is 5.98. The molecule has 1 aliphatic rings. The number of nitrogens with one attached hydrogen (secondary N) is 1. The third kappa shape index (κ3) is 5.82. The van der Waals surface area contributed by atoms with E-state index in [9.17, 15) is 9.18 Å². The van der Waals surface area contributed by atoms with Crippen molar-refractivity contribution in [2.45, 2.75) is 45.4 Å². The zero-order valence-electron chi connectivity index (χ0n) is 13.9. The number of halogens is 1. The van der Waals surface area contributed by atoms with Gasteiger partial charge in [0.2, 0.25) is 5.91 Å². The first kappa shape index (κ1) is 17.7. The van der Waals surface area contributed by atoms with E-state index in [1.165, 1.54) is 25.3 Å². The van der Waals surface area contributed by atoms with E-state index >= 15 is 0 Å². The van der Waals surface area contributed by atoms with Gasteiger partial charge >= 0.3 is 0 Å². The van der Waals surface area contributed by atoms with Gasteiger partial charge in [0.05, 0.1) is 18.9 Å². The van der Waals surface area contributed by atoms with Crippen molar-refractivity contribution in [3.8, 4) is 0 Å². The van der Waals surface area contributed by atoms with Gasteiger partial charge in [-0.1, -0.05) is 32.6 Å². The molecule has 0 radical (unpaired) electrons. The van der Waals surface area contributed by atoms with Crippen molar-refractivity contribution in [1.29, 1.82) is 0 Å². The summed E-state index contributed by atoms with van der Waals surface area (Å²) in [4.78, 5) is 13.9. The fourth-order valence-electron chi connectivity index (χ4n) is 2.76. The lowest BCUT2D eigenvalue weighted by Gasteiger charge is -2.29. The molecule has 5 heteroatoms. The van der Waals surface area contributed by atoms with Crippen molar-refractivity contribution in [3.05, 3.63) is 24.0 Å². The SMILES string of the molecule is CCCCCCCC(=O)Nc1ccc(N2CCOCC2)c(F)c1. The third-order valence-corrected chi connectivity index (χ3v) is 4.09. The molecular weight excluding hydrogens is 295 g/mol. The van der Waals surface area contributed by atoms with E-state index in [2.05, 4.69) is 12.2 Å². The lowest BCUT2D eigenvalue weighted by Crippen LogP contribution is -2.36. The second kappa shape index (κ2) is 9.50. The summed E-state index contributed by atoms with van der Waals surface area (Å²) >= 11 is 0. The molecule has 0 aliphatic carbocycles. The molecule has 0 spiro atoms. The van der Waals surface area contributed by atoms with Gasteiger partial charge in [-0.15, -0.1) is 0 Å². The molecule has 0 atom stereocenters. The molecule has 4 nitrogen and oxygen atoms in total. The van der Waals surface area contributed by atoms with E-state index in [0.29, 0.717) is 44.1 Å². The van der Waals surface area contributed by atoms with Gasteiger partial charge in [0.15, 0.2) is 0 Å². The maximum Gasteiger partial charge on any atom is 0.224 e. The second-order valence-electron chi connectivity index (χ2n) is 5.98. The number of benzene rings is 1. The van der Waals surface area contributed by atoms with Gasteiger partial charge in [-0.3, -0.25) is 4.79 Å². The molecule has 1 heterocycles. The van der Waals surface area contributed by atoms with E-state index in [1.54, 1.807) is 12.1 Å². The lowest BCUT2D eigenvalue weighted by molar-refractivity contribution is -0.116. The summed E-state index contributed by atoms with van der Waals surface area (Å²) in [6.45, 7) is 4.80. The fourth-order valence-corrected chi connectivity index (χ4v) is 2.76. The molecule has 1 N–H and O–H groups in total. The van der Waals surface area contributed by atoms with Gasteiger partial charge in [-0.05, 0) is 24.6 Å². The average Bonchev–Trinajstić information content (AvgIpc) is 2.55. The Labute approximate surface area is 138 Å². The normalized spacial score (nSPS) is 14.8. The highest BCUT2D eigenvalue weighted by atomic mass is 19.1. The molecule has 0 aromatic heterocycles. The van der Waals surface area contributed by atoms with Crippen LogP contribution in [0.5, 0.6) is 0 Å². The first-order valence-corrected chi connectivity index (χ1v) is 8.63. The third-order valence-electron chi connectivity index (χ3n) is 4.09. The molecule has 23 heavy (non-hydrogen) atoms. The predicted octanol–water partition coefficient (Wildman–Crippen LogP) is 3.96. The largest absolute Gasteiger partial charge is 0.378 e. The van der Waals surface area contributed by atoms with Crippen LogP contribution < -0.4 is 10.2 Å². The van der Waals surface area contributed by atoms with Crippen molar-refractivity contribution in [1.82, 2.24) is 0 Å². The fraction of sp³-hybridized carbons (Fsp3) is 0.611. The van der Waals surface area contributed by atoms with E-state index in [0.717, 1.165) is 12.8 Å². The standard InChI is InChI=1S/C18H27FN2O2/c1-2-3-4-5-6-7-18(22)20-15-8-9-17(16(19)14-15)21-10-12-23-13-11-21/h8-9,14H,2-7,10-13H2,1H3,(H,20,22). The van der Waals surface area contributed by atoms with Crippen LogP contribution in [0, 0.1) is 5.82 Å². The zero-order valence-corrected chi connectivity index (χ0v) is 13.9. The summed E-state index contributed by atoms with van der Waals surface area (Å²) in [5.41, 5.74) is 1.10. The number of carbonyl (C=O) groups excluding carboxylic acids is 1. The van der Waals surface area contributed by atoms with Crippen LogP contribution in [-0.2, 0) is 9.53 Å². The number of amides is 1. The summed E-state index contributed by atoms with van der Waals surface area (Å²) in [5, 5.41) is 2.78. The van der Waals surface area contributed by atoms with Gasteiger partial charge < -0.3 is 15.0 Å². The van der Waals surface area contributed by atoms with Crippen LogP contribution >= 0.6 is 0 Å². The number of nitrogens with zero attached hydrogens (tertiary/aromatic N) is 1. The zero-order chi connectivity index (χ0) is 16.5. The Morgan fingerprint density at radius 3 is 2.65 bits per heavy atom. The van der Waals surface area contributed by atoms with Crippen LogP contribution in [0.25, 0.3) is 0 Å². The first-order chi connectivity index (χ1) is 11.2. The van der Waals surface area contributed by atoms with Gasteiger partial charge in [0.25, 0.3) is 0 Å². The van der Waals surface area contributed by atoms with Crippen LogP contribution in [-0.4, -0.2) is 32.2 Å². The van der Waals surface area contributed by atoms with E-state index < -0.39 is 0 Å². The van der Waals surface area contributed by atoms with Gasteiger partial charge in [0, 0.05) is 25.2 Å². The molecule has 0 unspecified atom stereocenters. The number of rotatable bonds is 8. The summed E-state index contributed by atoms with van der Waals surface area (Å²) in [5.74, 6) is -0.340. The average molecular weight is 322 g/mol. The number of ether oxygens (including phenoxy) is 1. The maximum absolute atomic E-state index is 14.2. The van der Waals surface area contributed by atoms with E-state index in [-0.39, 0.29) is 11.7 Å². The van der Waals surface area contributed by atoms with Gasteiger partial charge in [0.1, 0.15) is 5.82 Å². The Balaban J connectivity index is 1.81. The first-order valence-electron chi connectivity index (χ1n) is 8.63. The molecule has 128 valence electrons. The summed E-state index contributed by atoms with van der Waals surface area (Å²) in [6.07, 6.45) is 6.05.